The number of hydrogen-bond donors (Lipinski definition) is 0. The van der Waals surface area contributed by atoms with Gasteiger partial charge in [-0.25, -0.2) is 0 Å². The van der Waals surface area contributed by atoms with Gasteiger partial charge in [-0.1, -0.05) is 12.1 Å². The fourth-order valence-electron chi connectivity index (χ4n) is 3.05. The first-order valence-electron chi connectivity index (χ1n) is 8.84. The molecule has 0 saturated carbocycles. The third-order valence-corrected chi connectivity index (χ3v) is 4.43. The summed E-state index contributed by atoms with van der Waals surface area (Å²) in [5.41, 5.74) is 0.737. The molecular formula is C21H22O7. The van der Waals surface area contributed by atoms with E-state index < -0.39 is 0 Å². The number of Topliss-reactive ketones (excluding diaryl/α,β-unsaturated/α-hetero) is 2. The van der Waals surface area contributed by atoms with Crippen LogP contribution in [0, 0.1) is 0 Å². The monoisotopic (exact) mass is 386 g/mol. The van der Waals surface area contributed by atoms with Crippen molar-refractivity contribution in [3.63, 3.8) is 0 Å². The first-order valence-corrected chi connectivity index (χ1v) is 8.84. The Kier molecular flexibility index (Phi) is 6.03. The Balaban J connectivity index is 1.83. The molecule has 148 valence electrons. The zero-order valence-electron chi connectivity index (χ0n) is 16.1. The van der Waals surface area contributed by atoms with E-state index in [2.05, 4.69) is 0 Å². The van der Waals surface area contributed by atoms with E-state index in [0.29, 0.717) is 41.8 Å². The summed E-state index contributed by atoms with van der Waals surface area (Å²) in [6.45, 7) is 0.763. The van der Waals surface area contributed by atoms with Gasteiger partial charge >= 0.3 is 0 Å². The van der Waals surface area contributed by atoms with Gasteiger partial charge in [-0.05, 0) is 12.1 Å². The van der Waals surface area contributed by atoms with Crippen LogP contribution >= 0.6 is 0 Å². The van der Waals surface area contributed by atoms with Crippen LogP contribution in [0.2, 0.25) is 0 Å². The van der Waals surface area contributed by atoms with Crippen molar-refractivity contribution in [2.24, 2.45) is 0 Å². The largest absolute Gasteiger partial charge is 0.497 e. The molecule has 1 heterocycles. The summed E-state index contributed by atoms with van der Waals surface area (Å²) >= 11 is 0. The third-order valence-electron chi connectivity index (χ3n) is 4.43. The summed E-state index contributed by atoms with van der Waals surface area (Å²) in [7, 11) is 4.45. The van der Waals surface area contributed by atoms with Crippen molar-refractivity contribution in [3.05, 3.63) is 41.5 Å². The average Bonchev–Trinajstić information content (AvgIpc) is 2.75. The van der Waals surface area contributed by atoms with E-state index in [0.717, 1.165) is 0 Å². The van der Waals surface area contributed by atoms with Crippen LogP contribution in [-0.2, 0) is 0 Å². The minimum Gasteiger partial charge on any atom is -0.497 e. The number of methoxy groups -OCH3 is 3. The van der Waals surface area contributed by atoms with Crippen LogP contribution < -0.4 is 23.7 Å². The molecular weight excluding hydrogens is 364 g/mol. The highest BCUT2D eigenvalue weighted by molar-refractivity contribution is 6.06. The standard InChI is InChI=1S/C21H22O7/c1-24-14-6-4-5-13(11-14)15(22)7-8-16(23)19-17(25-2)12-18-20(21(19)26-3)28-10-9-27-18/h4-6,11-12H,7-10H2,1-3H3. The maximum atomic E-state index is 12.9. The smallest absolute Gasteiger partial charge is 0.204 e. The summed E-state index contributed by atoms with van der Waals surface area (Å²) in [6, 6.07) is 8.44. The second kappa shape index (κ2) is 8.65. The van der Waals surface area contributed by atoms with Crippen molar-refractivity contribution in [2.75, 3.05) is 34.5 Å². The third kappa shape index (κ3) is 3.88. The first-order chi connectivity index (χ1) is 13.6. The minimum absolute atomic E-state index is 0.00239. The first kappa shape index (κ1) is 19.5. The molecule has 0 fully saturated rings. The van der Waals surface area contributed by atoms with Gasteiger partial charge < -0.3 is 23.7 Å². The summed E-state index contributed by atoms with van der Waals surface area (Å²) < 4.78 is 27.1. The summed E-state index contributed by atoms with van der Waals surface area (Å²) in [5.74, 6) is 1.57. The fraction of sp³-hybridized carbons (Fsp3) is 0.333. The molecule has 0 spiro atoms. The highest BCUT2D eigenvalue weighted by Crippen LogP contribution is 2.47. The van der Waals surface area contributed by atoms with Crippen LogP contribution in [-0.4, -0.2) is 46.1 Å². The van der Waals surface area contributed by atoms with E-state index >= 15 is 0 Å². The molecule has 1 aliphatic heterocycles. The van der Waals surface area contributed by atoms with Crippen LogP contribution in [0.5, 0.6) is 28.7 Å². The van der Waals surface area contributed by atoms with Crippen molar-refractivity contribution in [1.82, 2.24) is 0 Å². The molecule has 0 atom stereocenters. The quantitative estimate of drug-likeness (QED) is 0.644. The van der Waals surface area contributed by atoms with Crippen molar-refractivity contribution in [2.45, 2.75) is 12.8 Å². The number of carbonyl (C=O) groups excluding carboxylic acids is 2. The van der Waals surface area contributed by atoms with Crippen LogP contribution in [0.4, 0.5) is 0 Å². The lowest BCUT2D eigenvalue weighted by molar-refractivity contribution is 0.0912. The molecule has 0 saturated heterocycles. The molecule has 1 aliphatic rings. The van der Waals surface area contributed by atoms with E-state index in [9.17, 15) is 9.59 Å². The van der Waals surface area contributed by atoms with E-state index in [1.807, 2.05) is 0 Å². The Morgan fingerprint density at radius 2 is 1.68 bits per heavy atom. The van der Waals surface area contributed by atoms with Crippen LogP contribution in [0.1, 0.15) is 33.6 Å². The zero-order valence-corrected chi connectivity index (χ0v) is 16.1. The van der Waals surface area contributed by atoms with Gasteiger partial charge in [0.05, 0.1) is 21.3 Å². The van der Waals surface area contributed by atoms with Gasteiger partial charge in [0, 0.05) is 24.5 Å². The fourth-order valence-corrected chi connectivity index (χ4v) is 3.05. The van der Waals surface area contributed by atoms with Crippen LogP contribution in [0.3, 0.4) is 0 Å². The lowest BCUT2D eigenvalue weighted by atomic mass is 9.99. The highest BCUT2D eigenvalue weighted by atomic mass is 16.6. The van der Waals surface area contributed by atoms with E-state index in [-0.39, 0.29) is 35.7 Å². The second-order valence-corrected chi connectivity index (χ2v) is 6.09. The number of carbonyl (C=O) groups is 2. The number of ketones is 2. The topological polar surface area (TPSA) is 80.3 Å². The molecule has 2 aromatic rings. The molecule has 2 aromatic carbocycles. The minimum atomic E-state index is -0.276. The Morgan fingerprint density at radius 1 is 0.929 bits per heavy atom. The molecule has 0 bridgehead atoms. The van der Waals surface area contributed by atoms with Crippen LogP contribution in [0.15, 0.2) is 30.3 Å². The zero-order chi connectivity index (χ0) is 20.1. The van der Waals surface area contributed by atoms with Gasteiger partial charge in [0.1, 0.15) is 30.3 Å². The van der Waals surface area contributed by atoms with Crippen molar-refractivity contribution in [3.8, 4) is 28.7 Å². The number of benzene rings is 2. The van der Waals surface area contributed by atoms with Gasteiger partial charge in [0.25, 0.3) is 0 Å². The maximum absolute atomic E-state index is 12.9. The van der Waals surface area contributed by atoms with Gasteiger partial charge in [0.15, 0.2) is 23.1 Å². The molecule has 0 aromatic heterocycles. The Bertz CT molecular complexity index is 889. The van der Waals surface area contributed by atoms with E-state index in [1.165, 1.54) is 21.3 Å². The van der Waals surface area contributed by atoms with Crippen molar-refractivity contribution >= 4 is 11.6 Å². The summed E-state index contributed by atoms with van der Waals surface area (Å²) in [4.78, 5) is 25.4. The maximum Gasteiger partial charge on any atom is 0.204 e. The molecule has 3 rings (SSSR count). The number of rotatable bonds is 8. The van der Waals surface area contributed by atoms with Crippen molar-refractivity contribution < 1.29 is 33.3 Å². The van der Waals surface area contributed by atoms with Gasteiger partial charge in [0.2, 0.25) is 5.75 Å². The average molecular weight is 386 g/mol. The highest BCUT2D eigenvalue weighted by Gasteiger charge is 2.28. The molecule has 7 heteroatoms. The van der Waals surface area contributed by atoms with Gasteiger partial charge in [-0.2, -0.15) is 0 Å². The number of ether oxygens (including phenoxy) is 5. The number of hydrogen-bond acceptors (Lipinski definition) is 7. The van der Waals surface area contributed by atoms with E-state index in [1.54, 1.807) is 30.3 Å². The molecule has 0 radical (unpaired) electrons. The Labute approximate surface area is 163 Å². The predicted molar refractivity (Wildman–Crippen MR) is 101 cm³/mol. The molecule has 0 N–H and O–H groups in total. The van der Waals surface area contributed by atoms with E-state index in [4.69, 9.17) is 23.7 Å². The summed E-state index contributed by atoms with van der Waals surface area (Å²) in [5, 5.41) is 0. The molecule has 0 aliphatic carbocycles. The SMILES string of the molecule is COc1cccc(C(=O)CCC(=O)c2c(OC)cc3c(c2OC)OCCO3)c1. The molecule has 7 nitrogen and oxygen atoms in total. The Hall–Kier alpha value is -3.22. The van der Waals surface area contributed by atoms with Gasteiger partial charge in [-0.3, -0.25) is 9.59 Å². The lowest BCUT2D eigenvalue weighted by Crippen LogP contribution is -2.18. The number of fused-ring (bicyclic) bond motifs is 1. The molecule has 0 unspecified atom stereocenters. The van der Waals surface area contributed by atoms with Crippen molar-refractivity contribution in [1.29, 1.82) is 0 Å². The molecule has 0 amide bonds. The van der Waals surface area contributed by atoms with Crippen LogP contribution in [0.25, 0.3) is 0 Å². The summed E-state index contributed by atoms with van der Waals surface area (Å²) in [6.07, 6.45) is 0.0508. The normalized spacial score (nSPS) is 12.2. The molecule has 28 heavy (non-hydrogen) atoms. The second-order valence-electron chi connectivity index (χ2n) is 6.09. The Morgan fingerprint density at radius 3 is 2.39 bits per heavy atom. The van der Waals surface area contributed by atoms with Gasteiger partial charge in [-0.15, -0.1) is 0 Å². The lowest BCUT2D eigenvalue weighted by Gasteiger charge is -2.23. The predicted octanol–water partition coefficient (Wildman–Crippen LogP) is 3.33.